The van der Waals surface area contributed by atoms with Crippen molar-refractivity contribution in [2.24, 2.45) is 5.73 Å². The number of amides is 1. The van der Waals surface area contributed by atoms with Gasteiger partial charge in [0.15, 0.2) is 0 Å². The Bertz CT molecular complexity index is 216. The van der Waals surface area contributed by atoms with Crippen molar-refractivity contribution < 1.29 is 9.53 Å². The van der Waals surface area contributed by atoms with Gasteiger partial charge in [0.2, 0.25) is 0 Å². The van der Waals surface area contributed by atoms with E-state index in [1.165, 1.54) is 6.42 Å². The first-order valence-corrected chi connectivity index (χ1v) is 5.48. The van der Waals surface area contributed by atoms with E-state index in [0.717, 1.165) is 25.7 Å². The van der Waals surface area contributed by atoms with Crippen LogP contribution < -0.4 is 5.73 Å². The van der Waals surface area contributed by atoms with Crippen molar-refractivity contribution in [2.75, 3.05) is 13.2 Å². The number of nitrogens with zero attached hydrogens (tertiary/aromatic N) is 1. The van der Waals surface area contributed by atoms with E-state index in [1.54, 1.807) is 0 Å². The number of carbonyl (C=O) groups is 1. The van der Waals surface area contributed by atoms with Crippen LogP contribution >= 0.6 is 0 Å². The Morgan fingerprint density at radius 1 is 1.50 bits per heavy atom. The van der Waals surface area contributed by atoms with Crippen molar-refractivity contribution in [3.63, 3.8) is 0 Å². The third-order valence-electron chi connectivity index (χ3n) is 3.21. The molecule has 2 rings (SSSR count). The van der Waals surface area contributed by atoms with Gasteiger partial charge in [0.05, 0.1) is 6.04 Å². The van der Waals surface area contributed by atoms with Crippen LogP contribution in [0.15, 0.2) is 0 Å². The molecule has 1 aliphatic heterocycles. The summed E-state index contributed by atoms with van der Waals surface area (Å²) in [5, 5.41) is 0. The topological polar surface area (TPSA) is 55.6 Å². The van der Waals surface area contributed by atoms with E-state index in [2.05, 4.69) is 0 Å². The normalized spacial score (nSPS) is 27.6. The SMILES string of the molecule is NCCCC1COC(=O)N1C1CCC1. The highest BCUT2D eigenvalue weighted by molar-refractivity contribution is 5.70. The van der Waals surface area contributed by atoms with Gasteiger partial charge in [-0.1, -0.05) is 0 Å². The maximum atomic E-state index is 11.5. The largest absolute Gasteiger partial charge is 0.447 e. The van der Waals surface area contributed by atoms with Crippen LogP contribution in [0, 0.1) is 0 Å². The fourth-order valence-electron chi connectivity index (χ4n) is 2.16. The van der Waals surface area contributed by atoms with Gasteiger partial charge in [-0.2, -0.15) is 0 Å². The molecule has 0 spiro atoms. The van der Waals surface area contributed by atoms with Gasteiger partial charge >= 0.3 is 6.09 Å². The maximum absolute atomic E-state index is 11.5. The van der Waals surface area contributed by atoms with E-state index in [-0.39, 0.29) is 12.1 Å². The summed E-state index contributed by atoms with van der Waals surface area (Å²) >= 11 is 0. The minimum atomic E-state index is -0.114. The Balaban J connectivity index is 1.91. The van der Waals surface area contributed by atoms with E-state index in [9.17, 15) is 4.79 Å². The Kier molecular flexibility index (Phi) is 2.91. The molecule has 2 fully saturated rings. The van der Waals surface area contributed by atoms with Crippen molar-refractivity contribution in [1.82, 2.24) is 4.90 Å². The lowest BCUT2D eigenvalue weighted by molar-refractivity contribution is 0.116. The highest BCUT2D eigenvalue weighted by atomic mass is 16.6. The lowest BCUT2D eigenvalue weighted by atomic mass is 9.90. The number of hydrogen-bond acceptors (Lipinski definition) is 3. The molecule has 0 aromatic carbocycles. The number of ether oxygens (including phenoxy) is 1. The summed E-state index contributed by atoms with van der Waals surface area (Å²) in [5.41, 5.74) is 5.47. The van der Waals surface area contributed by atoms with Gasteiger partial charge in [-0.25, -0.2) is 4.79 Å². The number of carbonyl (C=O) groups excluding carboxylic acids is 1. The average molecular weight is 198 g/mol. The number of cyclic esters (lactones) is 1. The van der Waals surface area contributed by atoms with Gasteiger partial charge in [0, 0.05) is 6.04 Å². The number of nitrogens with two attached hydrogens (primary N) is 1. The first-order chi connectivity index (χ1) is 6.83. The molecule has 1 saturated carbocycles. The van der Waals surface area contributed by atoms with Gasteiger partial charge < -0.3 is 10.5 Å². The van der Waals surface area contributed by atoms with Gasteiger partial charge in [0.1, 0.15) is 6.61 Å². The molecule has 1 heterocycles. The predicted octanol–water partition coefficient (Wildman–Crippen LogP) is 1.10. The summed E-state index contributed by atoms with van der Waals surface area (Å²) in [4.78, 5) is 13.4. The molecular formula is C10H18N2O2. The Hall–Kier alpha value is -0.770. The smallest absolute Gasteiger partial charge is 0.410 e. The van der Waals surface area contributed by atoms with Gasteiger partial charge in [-0.3, -0.25) is 4.90 Å². The second-order valence-corrected chi connectivity index (χ2v) is 4.15. The highest BCUT2D eigenvalue weighted by Crippen LogP contribution is 2.31. The van der Waals surface area contributed by atoms with Crippen LogP contribution in [-0.4, -0.2) is 36.2 Å². The van der Waals surface area contributed by atoms with E-state index >= 15 is 0 Å². The van der Waals surface area contributed by atoms with Crippen LogP contribution in [-0.2, 0) is 4.74 Å². The van der Waals surface area contributed by atoms with Crippen LogP contribution in [0.5, 0.6) is 0 Å². The fraction of sp³-hybridized carbons (Fsp3) is 0.900. The molecule has 4 nitrogen and oxygen atoms in total. The van der Waals surface area contributed by atoms with Gasteiger partial charge in [-0.15, -0.1) is 0 Å². The molecule has 1 unspecified atom stereocenters. The van der Waals surface area contributed by atoms with Crippen LogP contribution in [0.3, 0.4) is 0 Å². The molecule has 0 aromatic rings. The van der Waals surface area contributed by atoms with Crippen LogP contribution in [0.25, 0.3) is 0 Å². The molecule has 14 heavy (non-hydrogen) atoms. The zero-order valence-corrected chi connectivity index (χ0v) is 8.45. The second-order valence-electron chi connectivity index (χ2n) is 4.15. The van der Waals surface area contributed by atoms with Crippen molar-refractivity contribution in [2.45, 2.75) is 44.2 Å². The minimum absolute atomic E-state index is 0.114. The molecule has 1 aliphatic carbocycles. The summed E-state index contributed by atoms with van der Waals surface area (Å²) in [6, 6.07) is 0.740. The minimum Gasteiger partial charge on any atom is -0.447 e. The van der Waals surface area contributed by atoms with Gasteiger partial charge in [0.25, 0.3) is 0 Å². The quantitative estimate of drug-likeness (QED) is 0.736. The molecule has 1 atom stereocenters. The summed E-state index contributed by atoms with van der Waals surface area (Å²) in [6.45, 7) is 1.26. The molecule has 2 N–H and O–H groups in total. The molecule has 1 amide bonds. The zero-order valence-electron chi connectivity index (χ0n) is 8.45. The lowest BCUT2D eigenvalue weighted by Crippen LogP contribution is -2.45. The van der Waals surface area contributed by atoms with Crippen molar-refractivity contribution in [3.8, 4) is 0 Å². The molecule has 2 aliphatic rings. The van der Waals surface area contributed by atoms with Crippen molar-refractivity contribution >= 4 is 6.09 Å². The van der Waals surface area contributed by atoms with Crippen molar-refractivity contribution in [1.29, 1.82) is 0 Å². The third-order valence-corrected chi connectivity index (χ3v) is 3.21. The first-order valence-electron chi connectivity index (χ1n) is 5.48. The Morgan fingerprint density at radius 2 is 2.29 bits per heavy atom. The zero-order chi connectivity index (χ0) is 9.97. The van der Waals surface area contributed by atoms with E-state index < -0.39 is 0 Å². The average Bonchev–Trinajstić information content (AvgIpc) is 2.43. The fourth-order valence-corrected chi connectivity index (χ4v) is 2.16. The number of hydrogen-bond donors (Lipinski definition) is 1. The molecule has 80 valence electrons. The Labute approximate surface area is 84.4 Å². The van der Waals surface area contributed by atoms with E-state index in [1.807, 2.05) is 4.90 Å². The summed E-state index contributed by atoms with van der Waals surface area (Å²) in [7, 11) is 0. The molecule has 1 saturated heterocycles. The molecule has 4 heteroatoms. The van der Waals surface area contributed by atoms with Crippen LogP contribution in [0.4, 0.5) is 4.79 Å². The maximum Gasteiger partial charge on any atom is 0.410 e. The number of rotatable bonds is 4. The van der Waals surface area contributed by atoms with E-state index in [0.29, 0.717) is 19.2 Å². The van der Waals surface area contributed by atoms with Crippen molar-refractivity contribution in [3.05, 3.63) is 0 Å². The first kappa shape index (κ1) is 9.77. The predicted molar refractivity (Wildman–Crippen MR) is 52.9 cm³/mol. The van der Waals surface area contributed by atoms with E-state index in [4.69, 9.17) is 10.5 Å². The van der Waals surface area contributed by atoms with Crippen LogP contribution in [0.1, 0.15) is 32.1 Å². The molecule has 0 aromatic heterocycles. The van der Waals surface area contributed by atoms with Gasteiger partial charge in [-0.05, 0) is 38.6 Å². The third kappa shape index (κ3) is 1.71. The second kappa shape index (κ2) is 4.17. The highest BCUT2D eigenvalue weighted by Gasteiger charge is 2.39. The molecule has 0 bridgehead atoms. The lowest BCUT2D eigenvalue weighted by Gasteiger charge is -2.36. The monoisotopic (exact) mass is 198 g/mol. The van der Waals surface area contributed by atoms with Crippen LogP contribution in [0.2, 0.25) is 0 Å². The standard InChI is InChI=1S/C10H18N2O2/c11-6-2-5-9-7-14-10(13)12(9)8-3-1-4-8/h8-9H,1-7,11H2. The summed E-state index contributed by atoms with van der Waals surface area (Å²) in [5.74, 6) is 0. The molecular weight excluding hydrogens is 180 g/mol. The Morgan fingerprint density at radius 3 is 2.86 bits per heavy atom. The molecule has 0 radical (unpaired) electrons. The summed E-state index contributed by atoms with van der Waals surface area (Å²) in [6.07, 6.45) is 5.39. The summed E-state index contributed by atoms with van der Waals surface area (Å²) < 4.78 is 5.08.